The van der Waals surface area contributed by atoms with Crippen molar-refractivity contribution >= 4 is 16.7 Å². The number of carbonyl (C=O) groups is 1. The number of allylic oxidation sites excluding steroid dienone is 1. The molecule has 128 valence electrons. The molecule has 0 amide bonds. The number of carbonyl (C=O) groups excluding carboxylic acids is 1. The molecule has 1 aliphatic carbocycles. The highest BCUT2D eigenvalue weighted by Gasteiger charge is 2.42. The zero-order valence-electron chi connectivity index (χ0n) is 15.0. The Morgan fingerprint density at radius 3 is 2.35 bits per heavy atom. The quantitative estimate of drug-likeness (QED) is 0.344. The summed E-state index contributed by atoms with van der Waals surface area (Å²) in [6.07, 6.45) is 3.91. The molecule has 0 aromatic heterocycles. The van der Waals surface area contributed by atoms with E-state index in [0.717, 1.165) is 27.5 Å². The van der Waals surface area contributed by atoms with Gasteiger partial charge in [-0.15, -0.1) is 0 Å². The number of ether oxygens (including phenoxy) is 1. The second kappa shape index (κ2) is 5.99. The minimum Gasteiger partial charge on any atom is -0.441 e. The molecule has 1 unspecified atom stereocenters. The second-order valence-corrected chi connectivity index (χ2v) is 6.66. The summed E-state index contributed by atoms with van der Waals surface area (Å²) in [5, 5.41) is 2.26. The molecule has 0 heterocycles. The van der Waals surface area contributed by atoms with E-state index in [0.29, 0.717) is 5.57 Å². The maximum absolute atomic E-state index is 12.6. The Hall–Kier alpha value is -3.13. The SMILES string of the molecule is C=C(C)C(=O)OC1(C=CC)c2ccccc2-c2cccc3cccc1c23. The number of esters is 1. The Kier molecular flexibility index (Phi) is 3.77. The molecule has 26 heavy (non-hydrogen) atoms. The van der Waals surface area contributed by atoms with Gasteiger partial charge in [0.1, 0.15) is 0 Å². The average molecular weight is 340 g/mol. The summed E-state index contributed by atoms with van der Waals surface area (Å²) in [5.41, 5.74) is 3.63. The number of rotatable bonds is 3. The van der Waals surface area contributed by atoms with Gasteiger partial charge in [-0.05, 0) is 41.8 Å². The van der Waals surface area contributed by atoms with E-state index in [-0.39, 0.29) is 0 Å². The summed E-state index contributed by atoms with van der Waals surface area (Å²) < 4.78 is 6.13. The first-order valence-corrected chi connectivity index (χ1v) is 8.73. The van der Waals surface area contributed by atoms with Crippen LogP contribution in [0.1, 0.15) is 25.0 Å². The van der Waals surface area contributed by atoms with Crippen molar-refractivity contribution in [1.82, 2.24) is 0 Å². The van der Waals surface area contributed by atoms with Crippen molar-refractivity contribution < 1.29 is 9.53 Å². The summed E-state index contributed by atoms with van der Waals surface area (Å²) in [4.78, 5) is 12.6. The van der Waals surface area contributed by atoms with Gasteiger partial charge in [0.2, 0.25) is 0 Å². The largest absolute Gasteiger partial charge is 0.441 e. The summed E-state index contributed by atoms with van der Waals surface area (Å²) in [6, 6.07) is 20.6. The monoisotopic (exact) mass is 340 g/mol. The maximum atomic E-state index is 12.6. The van der Waals surface area contributed by atoms with Gasteiger partial charge in [0.05, 0.1) is 0 Å². The van der Waals surface area contributed by atoms with Crippen molar-refractivity contribution in [2.75, 3.05) is 0 Å². The molecule has 1 atom stereocenters. The highest BCUT2D eigenvalue weighted by molar-refractivity contribution is 6.04. The zero-order chi connectivity index (χ0) is 18.3. The fourth-order valence-electron chi connectivity index (χ4n) is 3.85. The second-order valence-electron chi connectivity index (χ2n) is 6.66. The van der Waals surface area contributed by atoms with Crippen LogP contribution in [-0.2, 0) is 15.1 Å². The van der Waals surface area contributed by atoms with Crippen molar-refractivity contribution in [1.29, 1.82) is 0 Å². The van der Waals surface area contributed by atoms with Crippen molar-refractivity contribution in [2.45, 2.75) is 19.4 Å². The van der Waals surface area contributed by atoms with Gasteiger partial charge in [-0.25, -0.2) is 4.79 Å². The molecule has 0 saturated carbocycles. The minimum absolute atomic E-state index is 0.386. The van der Waals surface area contributed by atoms with Crippen LogP contribution in [0.2, 0.25) is 0 Å². The Labute approximate surface area is 153 Å². The zero-order valence-corrected chi connectivity index (χ0v) is 15.0. The van der Waals surface area contributed by atoms with Crippen molar-refractivity contribution in [3.05, 3.63) is 96.1 Å². The van der Waals surface area contributed by atoms with Crippen LogP contribution in [0.4, 0.5) is 0 Å². The van der Waals surface area contributed by atoms with Gasteiger partial charge in [-0.3, -0.25) is 0 Å². The average Bonchev–Trinajstić information content (AvgIpc) is 2.66. The summed E-state index contributed by atoms with van der Waals surface area (Å²) in [6.45, 7) is 7.38. The lowest BCUT2D eigenvalue weighted by atomic mass is 9.73. The number of benzene rings is 3. The molecule has 0 bridgehead atoms. The van der Waals surface area contributed by atoms with Gasteiger partial charge in [0.25, 0.3) is 0 Å². The third kappa shape index (κ3) is 2.22. The molecule has 4 rings (SSSR count). The van der Waals surface area contributed by atoms with Crippen molar-refractivity contribution in [2.24, 2.45) is 0 Å². The fraction of sp³-hybridized carbons (Fsp3) is 0.125. The molecule has 0 saturated heterocycles. The Morgan fingerprint density at radius 2 is 1.62 bits per heavy atom. The Morgan fingerprint density at radius 1 is 0.962 bits per heavy atom. The van der Waals surface area contributed by atoms with Crippen LogP contribution < -0.4 is 0 Å². The van der Waals surface area contributed by atoms with Crippen LogP contribution in [0.5, 0.6) is 0 Å². The predicted octanol–water partition coefficient (Wildman–Crippen LogP) is 5.76. The van der Waals surface area contributed by atoms with Crippen LogP contribution in [0, 0.1) is 0 Å². The first kappa shape index (κ1) is 16.3. The van der Waals surface area contributed by atoms with E-state index in [1.807, 2.05) is 49.4 Å². The molecule has 2 nitrogen and oxygen atoms in total. The fourth-order valence-corrected chi connectivity index (χ4v) is 3.85. The van der Waals surface area contributed by atoms with Crippen molar-refractivity contribution in [3.63, 3.8) is 0 Å². The van der Waals surface area contributed by atoms with Gasteiger partial charge >= 0.3 is 5.97 Å². The highest BCUT2D eigenvalue weighted by Crippen LogP contribution is 2.50. The molecule has 0 radical (unpaired) electrons. The number of hydrogen-bond acceptors (Lipinski definition) is 2. The molecule has 0 spiro atoms. The highest BCUT2D eigenvalue weighted by atomic mass is 16.6. The Balaban J connectivity index is 2.16. The van der Waals surface area contributed by atoms with Gasteiger partial charge in [0, 0.05) is 16.7 Å². The van der Waals surface area contributed by atoms with Gasteiger partial charge in [-0.2, -0.15) is 0 Å². The van der Waals surface area contributed by atoms with E-state index in [2.05, 4.69) is 36.9 Å². The predicted molar refractivity (Wildman–Crippen MR) is 106 cm³/mol. The lowest BCUT2D eigenvalue weighted by Gasteiger charge is -2.38. The molecular weight excluding hydrogens is 320 g/mol. The Bertz CT molecular complexity index is 1070. The lowest BCUT2D eigenvalue weighted by Crippen LogP contribution is -2.34. The van der Waals surface area contributed by atoms with Crippen LogP contribution >= 0.6 is 0 Å². The van der Waals surface area contributed by atoms with Gasteiger partial charge < -0.3 is 4.74 Å². The van der Waals surface area contributed by atoms with Crippen molar-refractivity contribution in [3.8, 4) is 11.1 Å². The van der Waals surface area contributed by atoms with E-state index in [1.165, 1.54) is 5.56 Å². The van der Waals surface area contributed by atoms with Crippen LogP contribution in [-0.4, -0.2) is 5.97 Å². The molecular formula is C24H20O2. The smallest absolute Gasteiger partial charge is 0.334 e. The lowest BCUT2D eigenvalue weighted by molar-refractivity contribution is -0.147. The van der Waals surface area contributed by atoms with E-state index in [4.69, 9.17) is 4.74 Å². The molecule has 0 aliphatic heterocycles. The van der Waals surface area contributed by atoms with E-state index in [9.17, 15) is 4.79 Å². The van der Waals surface area contributed by atoms with Crippen LogP contribution in [0.25, 0.3) is 21.9 Å². The maximum Gasteiger partial charge on any atom is 0.334 e. The summed E-state index contributed by atoms with van der Waals surface area (Å²) >= 11 is 0. The summed E-state index contributed by atoms with van der Waals surface area (Å²) in [5.74, 6) is -0.394. The third-order valence-corrected chi connectivity index (χ3v) is 4.93. The standard InChI is InChI=1S/C24H20O2/c1-4-15-24(26-23(25)16(2)3)20-13-6-5-11-18(20)19-12-7-9-17-10-8-14-21(24)22(17)19/h4-15H,2H2,1,3H3. The molecule has 2 heteroatoms. The topological polar surface area (TPSA) is 26.3 Å². The van der Waals surface area contributed by atoms with Crippen LogP contribution in [0.15, 0.2) is 85.0 Å². The van der Waals surface area contributed by atoms with Gasteiger partial charge in [0.15, 0.2) is 5.60 Å². The van der Waals surface area contributed by atoms with E-state index >= 15 is 0 Å². The first-order chi connectivity index (χ1) is 12.6. The van der Waals surface area contributed by atoms with E-state index < -0.39 is 11.6 Å². The summed E-state index contributed by atoms with van der Waals surface area (Å²) in [7, 11) is 0. The molecule has 0 fully saturated rings. The van der Waals surface area contributed by atoms with E-state index in [1.54, 1.807) is 6.92 Å². The minimum atomic E-state index is -0.963. The number of fused-ring (bicyclic) bond motifs is 2. The van der Waals surface area contributed by atoms with Gasteiger partial charge in [-0.1, -0.05) is 73.3 Å². The number of hydrogen-bond donors (Lipinski definition) is 0. The third-order valence-electron chi connectivity index (χ3n) is 4.93. The van der Waals surface area contributed by atoms with Crippen LogP contribution in [0.3, 0.4) is 0 Å². The normalized spacial score (nSPS) is 17.9. The molecule has 0 N–H and O–H groups in total. The first-order valence-electron chi connectivity index (χ1n) is 8.73. The molecule has 3 aromatic rings. The molecule has 1 aliphatic rings. The molecule has 3 aromatic carbocycles.